The second kappa shape index (κ2) is 5.04. The first-order chi connectivity index (χ1) is 9.65. The van der Waals surface area contributed by atoms with E-state index in [9.17, 15) is 13.6 Å². The highest BCUT2D eigenvalue weighted by molar-refractivity contribution is 6.05. The molecule has 0 bridgehead atoms. The molecule has 2 aromatic carbocycles. The normalized spacial score (nSPS) is 13.1. The van der Waals surface area contributed by atoms with Gasteiger partial charge in [0.25, 0.3) is 5.91 Å². The van der Waals surface area contributed by atoms with E-state index in [1.54, 1.807) is 6.07 Å². The fraction of sp³-hybridized carbons (Fsp3) is 0.125. The Morgan fingerprint density at radius 1 is 1.10 bits per heavy atom. The Hall–Kier alpha value is -2.23. The van der Waals surface area contributed by atoms with Crippen molar-refractivity contribution in [3.05, 3.63) is 71.1 Å². The van der Waals surface area contributed by atoms with Crippen molar-refractivity contribution in [3.8, 4) is 0 Å². The fourth-order valence-electron chi connectivity index (χ4n) is 2.43. The summed E-state index contributed by atoms with van der Waals surface area (Å²) in [5.74, 6) is -2.21. The van der Waals surface area contributed by atoms with Crippen molar-refractivity contribution in [1.82, 2.24) is 0 Å². The van der Waals surface area contributed by atoms with Crippen LogP contribution in [-0.2, 0) is 6.42 Å². The highest BCUT2D eigenvalue weighted by Crippen LogP contribution is 2.27. The van der Waals surface area contributed by atoms with Crippen molar-refractivity contribution >= 4 is 11.6 Å². The number of rotatable bonds is 2. The summed E-state index contributed by atoms with van der Waals surface area (Å²) in [6.07, 6.45) is 3.84. The molecular formula is C16H12F2NO. The Labute approximate surface area is 115 Å². The Balaban J connectivity index is 1.87. The summed E-state index contributed by atoms with van der Waals surface area (Å²) >= 11 is 0. The third-order valence-corrected chi connectivity index (χ3v) is 3.39. The van der Waals surface area contributed by atoms with Crippen LogP contribution in [0.5, 0.6) is 0 Å². The van der Waals surface area contributed by atoms with Gasteiger partial charge in [-0.25, -0.2) is 8.78 Å². The maximum atomic E-state index is 13.1. The molecule has 1 aliphatic rings. The second-order valence-corrected chi connectivity index (χ2v) is 4.70. The van der Waals surface area contributed by atoms with E-state index in [1.807, 2.05) is 12.1 Å². The van der Waals surface area contributed by atoms with Crippen molar-refractivity contribution < 1.29 is 13.6 Å². The molecule has 101 valence electrons. The maximum Gasteiger partial charge on any atom is 0.255 e. The summed E-state index contributed by atoms with van der Waals surface area (Å²) in [6, 6.07) is 8.84. The number of nitrogens with one attached hydrogen (secondary N) is 1. The van der Waals surface area contributed by atoms with Gasteiger partial charge in [0.1, 0.15) is 0 Å². The van der Waals surface area contributed by atoms with E-state index < -0.39 is 11.6 Å². The zero-order valence-corrected chi connectivity index (χ0v) is 10.6. The van der Waals surface area contributed by atoms with Gasteiger partial charge in [-0.15, -0.1) is 0 Å². The first-order valence-corrected chi connectivity index (χ1v) is 6.36. The number of amides is 1. The molecule has 0 unspecified atom stereocenters. The predicted molar refractivity (Wildman–Crippen MR) is 72.5 cm³/mol. The molecule has 4 heteroatoms. The molecule has 1 radical (unpaired) electrons. The quantitative estimate of drug-likeness (QED) is 0.887. The van der Waals surface area contributed by atoms with Gasteiger partial charge >= 0.3 is 0 Å². The molecule has 0 fully saturated rings. The first-order valence-electron chi connectivity index (χ1n) is 6.36. The van der Waals surface area contributed by atoms with Crippen LogP contribution in [0, 0.1) is 18.1 Å². The molecule has 0 aromatic heterocycles. The lowest BCUT2D eigenvalue weighted by atomic mass is 10.0. The van der Waals surface area contributed by atoms with Crippen LogP contribution in [0.3, 0.4) is 0 Å². The van der Waals surface area contributed by atoms with Crippen LogP contribution in [-0.4, -0.2) is 5.91 Å². The topological polar surface area (TPSA) is 29.1 Å². The summed E-state index contributed by atoms with van der Waals surface area (Å²) in [6.45, 7) is 0. The molecule has 0 saturated heterocycles. The minimum Gasteiger partial charge on any atom is -0.322 e. The molecule has 1 aliphatic carbocycles. The predicted octanol–water partition coefficient (Wildman–Crippen LogP) is 3.72. The van der Waals surface area contributed by atoms with E-state index in [1.165, 1.54) is 6.07 Å². The van der Waals surface area contributed by atoms with E-state index in [4.69, 9.17) is 0 Å². The molecule has 0 aliphatic heterocycles. The molecule has 2 nitrogen and oxygen atoms in total. The van der Waals surface area contributed by atoms with Crippen LogP contribution in [0.4, 0.5) is 14.5 Å². The minimum atomic E-state index is -0.977. The summed E-state index contributed by atoms with van der Waals surface area (Å²) in [5.41, 5.74) is 2.91. The summed E-state index contributed by atoms with van der Waals surface area (Å²) in [4.78, 5) is 12.2. The third kappa shape index (κ3) is 2.29. The average molecular weight is 272 g/mol. The van der Waals surface area contributed by atoms with Gasteiger partial charge in [-0.05, 0) is 48.6 Å². The van der Waals surface area contributed by atoms with Crippen molar-refractivity contribution in [3.63, 3.8) is 0 Å². The SMILES string of the molecule is O=C(Nc1ccc(F)c(F)c1)c1cccc2c1CC[CH]2. The average Bonchev–Trinajstić information content (AvgIpc) is 2.91. The summed E-state index contributed by atoms with van der Waals surface area (Å²) < 4.78 is 26.0. The summed E-state index contributed by atoms with van der Waals surface area (Å²) in [5, 5.41) is 2.60. The van der Waals surface area contributed by atoms with Crippen molar-refractivity contribution in [2.45, 2.75) is 12.8 Å². The number of anilines is 1. The number of carbonyl (C=O) groups excluding carboxylic acids is 1. The van der Waals surface area contributed by atoms with Gasteiger partial charge in [-0.3, -0.25) is 4.79 Å². The molecule has 1 amide bonds. The standard InChI is InChI=1S/C16H12F2NO/c17-14-8-7-11(9-15(14)18)19-16(20)13-6-2-4-10-3-1-5-12(10)13/h2-4,6-9H,1,5H2,(H,19,20). The number of hydrogen-bond donors (Lipinski definition) is 1. The molecule has 1 N–H and O–H groups in total. The zero-order valence-electron chi connectivity index (χ0n) is 10.6. The van der Waals surface area contributed by atoms with Gasteiger partial charge in [-0.1, -0.05) is 12.1 Å². The van der Waals surface area contributed by atoms with Crippen molar-refractivity contribution in [2.24, 2.45) is 0 Å². The van der Waals surface area contributed by atoms with E-state index in [0.717, 1.165) is 36.1 Å². The molecule has 0 heterocycles. The van der Waals surface area contributed by atoms with Crippen LogP contribution < -0.4 is 5.32 Å². The van der Waals surface area contributed by atoms with Crippen LogP contribution in [0.1, 0.15) is 27.9 Å². The highest BCUT2D eigenvalue weighted by atomic mass is 19.2. The molecule has 0 atom stereocenters. The number of halogens is 2. The van der Waals surface area contributed by atoms with E-state index in [-0.39, 0.29) is 11.6 Å². The van der Waals surface area contributed by atoms with E-state index in [2.05, 4.69) is 11.7 Å². The minimum absolute atomic E-state index is 0.244. The Kier molecular flexibility index (Phi) is 3.22. The number of fused-ring (bicyclic) bond motifs is 1. The maximum absolute atomic E-state index is 13.1. The molecule has 20 heavy (non-hydrogen) atoms. The van der Waals surface area contributed by atoms with E-state index >= 15 is 0 Å². The molecule has 2 aromatic rings. The zero-order chi connectivity index (χ0) is 14.1. The van der Waals surface area contributed by atoms with Gasteiger partial charge in [0, 0.05) is 17.3 Å². The Morgan fingerprint density at radius 2 is 1.95 bits per heavy atom. The highest BCUT2D eigenvalue weighted by Gasteiger charge is 2.19. The van der Waals surface area contributed by atoms with Gasteiger partial charge in [0.15, 0.2) is 11.6 Å². The van der Waals surface area contributed by atoms with Crippen LogP contribution in [0.2, 0.25) is 0 Å². The fourth-order valence-corrected chi connectivity index (χ4v) is 2.43. The molecule has 0 spiro atoms. The van der Waals surface area contributed by atoms with Crippen LogP contribution in [0.15, 0.2) is 36.4 Å². The largest absolute Gasteiger partial charge is 0.322 e. The lowest BCUT2D eigenvalue weighted by Crippen LogP contribution is -2.14. The monoisotopic (exact) mass is 272 g/mol. The summed E-state index contributed by atoms with van der Waals surface area (Å²) in [7, 11) is 0. The van der Waals surface area contributed by atoms with Crippen LogP contribution >= 0.6 is 0 Å². The Morgan fingerprint density at radius 3 is 2.75 bits per heavy atom. The van der Waals surface area contributed by atoms with Gasteiger partial charge in [0.2, 0.25) is 0 Å². The third-order valence-electron chi connectivity index (χ3n) is 3.39. The smallest absolute Gasteiger partial charge is 0.255 e. The lowest BCUT2D eigenvalue weighted by Gasteiger charge is -2.09. The second-order valence-electron chi connectivity index (χ2n) is 4.70. The molecule has 0 saturated carbocycles. The number of carbonyl (C=O) groups is 1. The first kappa shape index (κ1) is 12.8. The van der Waals surface area contributed by atoms with Gasteiger partial charge in [-0.2, -0.15) is 0 Å². The Bertz CT molecular complexity index is 682. The van der Waals surface area contributed by atoms with Gasteiger partial charge in [0.05, 0.1) is 0 Å². The number of benzene rings is 2. The molecular weight excluding hydrogens is 260 g/mol. The van der Waals surface area contributed by atoms with Gasteiger partial charge < -0.3 is 5.32 Å². The molecule has 3 rings (SSSR count). The number of hydrogen-bond acceptors (Lipinski definition) is 1. The van der Waals surface area contributed by atoms with Crippen molar-refractivity contribution in [2.75, 3.05) is 5.32 Å². The van der Waals surface area contributed by atoms with Crippen molar-refractivity contribution in [1.29, 1.82) is 0 Å². The lowest BCUT2D eigenvalue weighted by molar-refractivity contribution is 0.102. The van der Waals surface area contributed by atoms with E-state index in [0.29, 0.717) is 5.56 Å². The van der Waals surface area contributed by atoms with Crippen LogP contribution in [0.25, 0.3) is 0 Å².